The molecule has 0 fully saturated rings. The van der Waals surface area contributed by atoms with Crippen molar-refractivity contribution in [3.63, 3.8) is 0 Å². The summed E-state index contributed by atoms with van der Waals surface area (Å²) in [5, 5.41) is 14.9. The molecule has 2 aromatic heterocycles. The molecule has 0 aliphatic rings. The molecule has 34 heavy (non-hydrogen) atoms. The fourth-order valence-electron chi connectivity index (χ4n) is 3.35. The van der Waals surface area contributed by atoms with E-state index in [4.69, 9.17) is 16.3 Å². The van der Waals surface area contributed by atoms with Gasteiger partial charge in [-0.25, -0.2) is 9.78 Å². The molecule has 0 amide bonds. The zero-order valence-electron chi connectivity index (χ0n) is 18.0. The summed E-state index contributed by atoms with van der Waals surface area (Å²) in [6, 6.07) is 15.9. The number of carbonyl (C=O) groups excluding carboxylic acids is 1. The van der Waals surface area contributed by atoms with Crippen LogP contribution in [-0.4, -0.2) is 20.3 Å². The minimum absolute atomic E-state index is 0.0191. The van der Waals surface area contributed by atoms with E-state index >= 15 is 0 Å². The summed E-state index contributed by atoms with van der Waals surface area (Å²) >= 11 is 6.18. The van der Waals surface area contributed by atoms with Gasteiger partial charge in [0.15, 0.2) is 0 Å². The summed E-state index contributed by atoms with van der Waals surface area (Å²) in [5.74, 6) is -0.795. The molecular formula is C24H19ClN4O5. The van der Waals surface area contributed by atoms with Crippen LogP contribution in [-0.2, 0) is 17.9 Å². The lowest BCUT2D eigenvalue weighted by molar-refractivity contribution is -0.384. The summed E-state index contributed by atoms with van der Waals surface area (Å²) in [6.45, 7) is 1.88. The van der Waals surface area contributed by atoms with Gasteiger partial charge in [-0.05, 0) is 36.2 Å². The Labute approximate surface area is 198 Å². The molecule has 0 aliphatic heterocycles. The lowest BCUT2D eigenvalue weighted by Gasteiger charge is -2.13. The van der Waals surface area contributed by atoms with Crippen LogP contribution in [0, 0.1) is 17.0 Å². The fourth-order valence-corrected chi connectivity index (χ4v) is 3.55. The average molecular weight is 479 g/mol. The maximum atomic E-state index is 12.9. The van der Waals surface area contributed by atoms with Crippen LogP contribution in [0.25, 0.3) is 5.65 Å². The number of carbonyl (C=O) groups is 1. The Kier molecular flexibility index (Phi) is 6.55. The van der Waals surface area contributed by atoms with Crippen LogP contribution < -0.4 is 10.9 Å². The van der Waals surface area contributed by atoms with Crippen molar-refractivity contribution >= 4 is 34.6 Å². The van der Waals surface area contributed by atoms with Gasteiger partial charge in [0.25, 0.3) is 11.2 Å². The predicted molar refractivity (Wildman–Crippen MR) is 127 cm³/mol. The molecule has 0 atom stereocenters. The highest BCUT2D eigenvalue weighted by Gasteiger charge is 2.19. The molecular weight excluding hydrogens is 460 g/mol. The second-order valence-electron chi connectivity index (χ2n) is 7.53. The number of aromatic nitrogens is 2. The number of rotatable bonds is 7. The lowest BCUT2D eigenvalue weighted by atomic mass is 10.1. The Morgan fingerprint density at radius 2 is 1.97 bits per heavy atom. The minimum atomic E-state index is -0.795. The van der Waals surface area contributed by atoms with Crippen molar-refractivity contribution in [1.29, 1.82) is 0 Å². The first-order chi connectivity index (χ1) is 16.3. The number of hydrogen-bond acceptors (Lipinski definition) is 7. The first kappa shape index (κ1) is 22.9. The third-order valence-corrected chi connectivity index (χ3v) is 5.44. The Balaban J connectivity index is 1.56. The molecule has 4 aromatic rings. The van der Waals surface area contributed by atoms with Gasteiger partial charge < -0.3 is 10.1 Å². The van der Waals surface area contributed by atoms with Crippen molar-refractivity contribution in [1.82, 2.24) is 9.38 Å². The number of nitro groups is 1. The van der Waals surface area contributed by atoms with Gasteiger partial charge in [0.2, 0.25) is 0 Å². The van der Waals surface area contributed by atoms with Crippen molar-refractivity contribution in [2.24, 2.45) is 0 Å². The van der Waals surface area contributed by atoms with E-state index < -0.39 is 10.9 Å². The van der Waals surface area contributed by atoms with E-state index in [1.165, 1.54) is 22.6 Å². The minimum Gasteiger partial charge on any atom is -0.456 e. The van der Waals surface area contributed by atoms with Crippen LogP contribution >= 0.6 is 11.6 Å². The molecule has 4 rings (SSSR count). The van der Waals surface area contributed by atoms with E-state index in [0.717, 1.165) is 17.2 Å². The standard InChI is InChI=1S/C24H19ClN4O5/c1-15-6-9-22-27-17(10-23(30)28(22)13-15)14-34-24(31)19-11-18(29(32)33)7-8-21(19)26-12-16-4-2-3-5-20(16)25/h2-11,13,26H,12,14H2,1H3. The van der Waals surface area contributed by atoms with E-state index in [0.29, 0.717) is 22.9 Å². The predicted octanol–water partition coefficient (Wildman–Crippen LogP) is 4.53. The Morgan fingerprint density at radius 3 is 2.74 bits per heavy atom. The second-order valence-corrected chi connectivity index (χ2v) is 7.94. The van der Waals surface area contributed by atoms with Gasteiger partial charge in [0, 0.05) is 41.7 Å². The highest BCUT2D eigenvalue weighted by Crippen LogP contribution is 2.25. The van der Waals surface area contributed by atoms with Gasteiger partial charge in [0.05, 0.1) is 16.2 Å². The number of non-ortho nitro benzene ring substituents is 1. The second kappa shape index (κ2) is 9.72. The maximum absolute atomic E-state index is 12.9. The van der Waals surface area contributed by atoms with E-state index in [-0.39, 0.29) is 29.1 Å². The normalized spacial score (nSPS) is 10.8. The van der Waals surface area contributed by atoms with Gasteiger partial charge >= 0.3 is 5.97 Å². The van der Waals surface area contributed by atoms with Crippen molar-refractivity contribution in [2.45, 2.75) is 20.1 Å². The van der Waals surface area contributed by atoms with Gasteiger partial charge in [-0.3, -0.25) is 19.3 Å². The number of pyridine rings is 1. The van der Waals surface area contributed by atoms with Crippen LogP contribution in [0.5, 0.6) is 0 Å². The smallest absolute Gasteiger partial charge is 0.340 e. The number of nitrogens with zero attached hydrogens (tertiary/aromatic N) is 3. The monoisotopic (exact) mass is 478 g/mol. The van der Waals surface area contributed by atoms with E-state index in [1.807, 2.05) is 25.1 Å². The SMILES string of the molecule is Cc1ccc2nc(COC(=O)c3cc([N+](=O)[O-])ccc3NCc3ccccc3Cl)cc(=O)n2c1. The number of ether oxygens (including phenoxy) is 1. The van der Waals surface area contributed by atoms with E-state index in [1.54, 1.807) is 24.4 Å². The van der Waals surface area contributed by atoms with Crippen molar-refractivity contribution in [3.8, 4) is 0 Å². The molecule has 172 valence electrons. The van der Waals surface area contributed by atoms with Crippen molar-refractivity contribution in [3.05, 3.63) is 115 Å². The molecule has 1 N–H and O–H groups in total. The number of aryl methyl sites for hydroxylation is 1. The van der Waals surface area contributed by atoms with Crippen LogP contribution in [0.1, 0.15) is 27.2 Å². The maximum Gasteiger partial charge on any atom is 0.340 e. The first-order valence-electron chi connectivity index (χ1n) is 10.2. The Hall–Kier alpha value is -4.24. The first-order valence-corrected chi connectivity index (χ1v) is 10.6. The van der Waals surface area contributed by atoms with E-state index in [9.17, 15) is 19.7 Å². The molecule has 0 aliphatic carbocycles. The van der Waals surface area contributed by atoms with Crippen LogP contribution in [0.3, 0.4) is 0 Å². The number of anilines is 1. The van der Waals surface area contributed by atoms with Gasteiger partial charge in [-0.15, -0.1) is 0 Å². The summed E-state index contributed by atoms with van der Waals surface area (Å²) in [7, 11) is 0. The summed E-state index contributed by atoms with van der Waals surface area (Å²) in [6.07, 6.45) is 1.67. The molecule has 0 saturated heterocycles. The molecule has 2 aromatic carbocycles. The number of hydrogen-bond donors (Lipinski definition) is 1. The van der Waals surface area contributed by atoms with Crippen molar-refractivity contribution < 1.29 is 14.5 Å². The zero-order valence-corrected chi connectivity index (χ0v) is 18.8. The van der Waals surface area contributed by atoms with E-state index in [2.05, 4.69) is 10.3 Å². The summed E-state index contributed by atoms with van der Waals surface area (Å²) in [5.41, 5.74) is 2.13. The number of fused-ring (bicyclic) bond motifs is 1. The topological polar surface area (TPSA) is 116 Å². The lowest BCUT2D eigenvalue weighted by Crippen LogP contribution is -2.17. The fraction of sp³-hybridized carbons (Fsp3) is 0.125. The summed E-state index contributed by atoms with van der Waals surface area (Å²) in [4.78, 5) is 40.2. The number of esters is 1. The average Bonchev–Trinajstić information content (AvgIpc) is 2.82. The van der Waals surface area contributed by atoms with Gasteiger partial charge in [-0.1, -0.05) is 35.9 Å². The quantitative estimate of drug-likeness (QED) is 0.235. The molecule has 0 spiro atoms. The zero-order chi connectivity index (χ0) is 24.2. The van der Waals surface area contributed by atoms with Gasteiger partial charge in [-0.2, -0.15) is 0 Å². The molecule has 0 unspecified atom stereocenters. The highest BCUT2D eigenvalue weighted by molar-refractivity contribution is 6.31. The number of halogens is 1. The number of nitrogens with one attached hydrogen (secondary N) is 1. The highest BCUT2D eigenvalue weighted by atomic mass is 35.5. The van der Waals surface area contributed by atoms with Crippen LogP contribution in [0.4, 0.5) is 11.4 Å². The third-order valence-electron chi connectivity index (χ3n) is 5.07. The number of benzene rings is 2. The molecule has 9 nitrogen and oxygen atoms in total. The Morgan fingerprint density at radius 1 is 1.18 bits per heavy atom. The molecule has 2 heterocycles. The molecule has 0 saturated carbocycles. The molecule has 0 bridgehead atoms. The largest absolute Gasteiger partial charge is 0.456 e. The van der Waals surface area contributed by atoms with Crippen LogP contribution in [0.2, 0.25) is 5.02 Å². The molecule has 0 radical (unpaired) electrons. The van der Waals surface area contributed by atoms with Gasteiger partial charge in [0.1, 0.15) is 12.3 Å². The van der Waals surface area contributed by atoms with Crippen molar-refractivity contribution in [2.75, 3.05) is 5.32 Å². The number of nitro benzene ring substituents is 1. The summed E-state index contributed by atoms with van der Waals surface area (Å²) < 4.78 is 6.76. The molecule has 10 heteroatoms. The third kappa shape index (κ3) is 5.05. The Bertz CT molecular complexity index is 1470. The van der Waals surface area contributed by atoms with Crippen LogP contribution in [0.15, 0.2) is 71.7 Å².